The van der Waals surface area contributed by atoms with Gasteiger partial charge in [-0.05, 0) is 47.2 Å². The lowest BCUT2D eigenvalue weighted by Gasteiger charge is -2.06. The van der Waals surface area contributed by atoms with Crippen molar-refractivity contribution < 1.29 is 4.79 Å². The van der Waals surface area contributed by atoms with Crippen LogP contribution in [0.15, 0.2) is 12.1 Å². The number of nitrogens with zero attached hydrogens (tertiary/aromatic N) is 1. The molecule has 0 aliphatic carbocycles. The second-order valence-electron chi connectivity index (χ2n) is 2.77. The number of Topliss-reactive ketones (excluding diaryl/α,β-unsaturated/α-hetero) is 1. The van der Waals surface area contributed by atoms with Crippen molar-refractivity contribution in [3.8, 4) is 6.07 Å². The summed E-state index contributed by atoms with van der Waals surface area (Å²) in [5.41, 5.74) is 2.19. The normalized spacial score (nSPS) is 9.57. The summed E-state index contributed by atoms with van der Waals surface area (Å²) in [6.45, 7) is 1.86. The summed E-state index contributed by atoms with van der Waals surface area (Å²) in [5, 5.41) is 9.10. The van der Waals surface area contributed by atoms with Crippen LogP contribution in [-0.2, 0) is 0 Å². The van der Waals surface area contributed by atoms with E-state index < -0.39 is 0 Å². The largest absolute Gasteiger partial charge is 0.293 e. The summed E-state index contributed by atoms with van der Waals surface area (Å²) in [5.74, 6) is 0.0462. The Bertz CT molecular complexity index is 423. The standard InChI is InChI=1S/C10H7BrINO/c1-6-8(9(14)4-11)3-2-7(5-13)10(6)12/h2-3H,4H2,1H3. The Morgan fingerprint density at radius 2 is 2.29 bits per heavy atom. The van der Waals surface area contributed by atoms with Gasteiger partial charge in [0.25, 0.3) is 0 Å². The topological polar surface area (TPSA) is 40.9 Å². The molecule has 0 radical (unpaired) electrons. The SMILES string of the molecule is Cc1c(C(=O)CBr)ccc(C#N)c1I. The number of nitriles is 1. The van der Waals surface area contributed by atoms with Crippen molar-refractivity contribution in [3.05, 3.63) is 32.4 Å². The van der Waals surface area contributed by atoms with Crippen LogP contribution in [0.2, 0.25) is 0 Å². The van der Waals surface area contributed by atoms with E-state index in [1.807, 2.05) is 6.92 Å². The van der Waals surface area contributed by atoms with Crippen LogP contribution >= 0.6 is 38.5 Å². The van der Waals surface area contributed by atoms with Crippen LogP contribution in [0.1, 0.15) is 21.5 Å². The molecule has 1 aromatic carbocycles. The van der Waals surface area contributed by atoms with Crippen molar-refractivity contribution in [2.45, 2.75) is 6.92 Å². The molecule has 0 fully saturated rings. The zero-order valence-corrected chi connectivity index (χ0v) is 11.2. The zero-order chi connectivity index (χ0) is 10.7. The predicted octanol–water partition coefficient (Wildman–Crippen LogP) is 3.05. The van der Waals surface area contributed by atoms with E-state index in [1.165, 1.54) is 0 Å². The smallest absolute Gasteiger partial charge is 0.173 e. The third-order valence-electron chi connectivity index (χ3n) is 1.93. The second-order valence-corrected chi connectivity index (χ2v) is 4.41. The third kappa shape index (κ3) is 2.15. The number of ketones is 1. The van der Waals surface area contributed by atoms with Gasteiger partial charge in [0.05, 0.1) is 10.9 Å². The van der Waals surface area contributed by atoms with E-state index in [9.17, 15) is 4.79 Å². The fourth-order valence-corrected chi connectivity index (χ4v) is 2.04. The van der Waals surface area contributed by atoms with Crippen LogP contribution < -0.4 is 0 Å². The highest BCUT2D eigenvalue weighted by atomic mass is 127. The minimum Gasteiger partial charge on any atom is -0.293 e. The van der Waals surface area contributed by atoms with E-state index in [4.69, 9.17) is 5.26 Å². The summed E-state index contributed by atoms with van der Waals surface area (Å²) >= 11 is 5.22. The Kier molecular flexibility index (Phi) is 4.08. The highest BCUT2D eigenvalue weighted by Gasteiger charge is 2.12. The molecule has 0 heterocycles. The summed E-state index contributed by atoms with van der Waals surface area (Å²) in [7, 11) is 0. The molecule has 14 heavy (non-hydrogen) atoms. The van der Waals surface area contributed by atoms with Gasteiger partial charge in [-0.2, -0.15) is 5.26 Å². The quantitative estimate of drug-likeness (QED) is 0.460. The predicted molar refractivity (Wildman–Crippen MR) is 66.7 cm³/mol. The average molecular weight is 364 g/mol. The Balaban J connectivity index is 3.33. The highest BCUT2D eigenvalue weighted by Crippen LogP contribution is 2.20. The average Bonchev–Trinajstić information content (AvgIpc) is 2.21. The molecule has 1 aromatic rings. The van der Waals surface area contributed by atoms with Gasteiger partial charge in [0, 0.05) is 9.13 Å². The Hall–Kier alpha value is -0.410. The summed E-state index contributed by atoms with van der Waals surface area (Å²) < 4.78 is 0.858. The molecule has 0 saturated heterocycles. The van der Waals surface area contributed by atoms with E-state index in [1.54, 1.807) is 12.1 Å². The van der Waals surface area contributed by atoms with Crippen LogP contribution in [0.5, 0.6) is 0 Å². The molecule has 0 N–H and O–H groups in total. The molecule has 0 saturated carbocycles. The molecule has 0 aliphatic heterocycles. The fourth-order valence-electron chi connectivity index (χ4n) is 1.15. The van der Waals surface area contributed by atoms with E-state index in [-0.39, 0.29) is 5.78 Å². The second kappa shape index (κ2) is 4.89. The Morgan fingerprint density at radius 3 is 2.79 bits per heavy atom. The van der Waals surface area contributed by atoms with Crippen LogP contribution in [0.3, 0.4) is 0 Å². The molecule has 0 aliphatic rings. The third-order valence-corrected chi connectivity index (χ3v) is 3.83. The van der Waals surface area contributed by atoms with Gasteiger partial charge in [-0.25, -0.2) is 0 Å². The van der Waals surface area contributed by atoms with Crippen molar-refractivity contribution in [3.63, 3.8) is 0 Å². The van der Waals surface area contributed by atoms with E-state index in [2.05, 4.69) is 44.6 Å². The summed E-state index contributed by atoms with van der Waals surface area (Å²) in [6.07, 6.45) is 0. The lowest BCUT2D eigenvalue weighted by Crippen LogP contribution is -2.04. The number of hydrogen-bond donors (Lipinski definition) is 0. The first-order valence-electron chi connectivity index (χ1n) is 3.90. The number of carbonyl (C=O) groups is 1. The highest BCUT2D eigenvalue weighted by molar-refractivity contribution is 14.1. The lowest BCUT2D eigenvalue weighted by molar-refractivity contribution is 0.102. The molecule has 1 rings (SSSR count). The molecule has 4 heteroatoms. The molecule has 0 atom stereocenters. The number of rotatable bonds is 2. The minimum absolute atomic E-state index is 0.0462. The molecule has 0 amide bonds. The van der Waals surface area contributed by atoms with Crippen molar-refractivity contribution >= 4 is 44.3 Å². The molecular formula is C10H7BrINO. The number of halogens is 2. The first kappa shape index (κ1) is 11.7. The first-order valence-corrected chi connectivity index (χ1v) is 6.10. The minimum atomic E-state index is 0.0462. The van der Waals surface area contributed by atoms with Crippen molar-refractivity contribution in [2.24, 2.45) is 0 Å². The summed E-state index contributed by atoms with van der Waals surface area (Å²) in [6, 6.07) is 5.48. The van der Waals surface area contributed by atoms with Gasteiger partial charge in [0.15, 0.2) is 5.78 Å². The lowest BCUT2D eigenvalue weighted by atomic mass is 10.0. The van der Waals surface area contributed by atoms with Crippen LogP contribution in [0, 0.1) is 21.8 Å². The maximum Gasteiger partial charge on any atom is 0.173 e. The van der Waals surface area contributed by atoms with Crippen LogP contribution in [-0.4, -0.2) is 11.1 Å². The Labute approximate surface area is 105 Å². The molecule has 0 bridgehead atoms. The molecule has 72 valence electrons. The van der Waals surface area contributed by atoms with Gasteiger partial charge in [-0.1, -0.05) is 15.9 Å². The number of hydrogen-bond acceptors (Lipinski definition) is 2. The van der Waals surface area contributed by atoms with Gasteiger partial charge >= 0.3 is 0 Å². The van der Waals surface area contributed by atoms with Gasteiger partial charge < -0.3 is 0 Å². The van der Waals surface area contributed by atoms with E-state index in [0.717, 1.165) is 9.13 Å². The van der Waals surface area contributed by atoms with E-state index >= 15 is 0 Å². The maximum atomic E-state index is 11.5. The molecular weight excluding hydrogens is 357 g/mol. The van der Waals surface area contributed by atoms with Crippen LogP contribution in [0.4, 0.5) is 0 Å². The molecule has 0 unspecified atom stereocenters. The van der Waals surface area contributed by atoms with Gasteiger partial charge in [0.1, 0.15) is 6.07 Å². The van der Waals surface area contributed by atoms with Crippen molar-refractivity contribution in [1.29, 1.82) is 5.26 Å². The van der Waals surface area contributed by atoms with Crippen molar-refractivity contribution in [2.75, 3.05) is 5.33 Å². The van der Waals surface area contributed by atoms with Gasteiger partial charge in [-0.3, -0.25) is 4.79 Å². The van der Waals surface area contributed by atoms with Crippen LogP contribution in [0.25, 0.3) is 0 Å². The number of alkyl halides is 1. The summed E-state index contributed by atoms with van der Waals surface area (Å²) in [4.78, 5) is 11.5. The van der Waals surface area contributed by atoms with Crippen molar-refractivity contribution in [1.82, 2.24) is 0 Å². The fraction of sp³-hybridized carbons (Fsp3) is 0.200. The van der Waals surface area contributed by atoms with Gasteiger partial charge in [-0.15, -0.1) is 0 Å². The molecule has 2 nitrogen and oxygen atoms in total. The monoisotopic (exact) mass is 363 g/mol. The zero-order valence-electron chi connectivity index (χ0n) is 7.47. The van der Waals surface area contributed by atoms with Gasteiger partial charge in [0.2, 0.25) is 0 Å². The molecule has 0 aromatic heterocycles. The van der Waals surface area contributed by atoms with E-state index in [0.29, 0.717) is 16.5 Å². The number of carbonyl (C=O) groups excluding carboxylic acids is 1. The Morgan fingerprint density at radius 1 is 1.64 bits per heavy atom. The number of benzene rings is 1. The maximum absolute atomic E-state index is 11.5. The first-order chi connectivity index (χ1) is 6.61. The molecule has 0 spiro atoms.